The maximum Gasteiger partial charge on any atom is 0.360 e. The third-order valence-electron chi connectivity index (χ3n) is 4.87. The summed E-state index contributed by atoms with van der Waals surface area (Å²) in [5.74, 6) is -0.0158. The zero-order chi connectivity index (χ0) is 22.2. The van der Waals surface area contributed by atoms with Crippen molar-refractivity contribution in [3.05, 3.63) is 28.6 Å². The van der Waals surface area contributed by atoms with E-state index in [1.165, 1.54) is 33.3 Å². The topological polar surface area (TPSA) is 137 Å². The highest BCUT2D eigenvalue weighted by Crippen LogP contribution is 2.37. The second-order valence-electron chi connectivity index (χ2n) is 7.51. The molecule has 1 aromatic heterocycles. The van der Waals surface area contributed by atoms with Gasteiger partial charge in [-0.05, 0) is 26.0 Å². The van der Waals surface area contributed by atoms with E-state index in [1.807, 2.05) is 0 Å². The van der Waals surface area contributed by atoms with Crippen LogP contribution in [0.4, 0.5) is 5.69 Å². The van der Waals surface area contributed by atoms with Gasteiger partial charge in [0, 0.05) is 25.5 Å². The number of aliphatic hydroxyl groups is 2. The SMILES string of the molecule is COc1cc2cc(NC(C)=O)c(=O)oc2cc1OC1OC(C)(C)C(OC)C(O)C1O. The predicted molar refractivity (Wildman–Crippen MR) is 106 cm³/mol. The lowest BCUT2D eigenvalue weighted by Crippen LogP contribution is -2.63. The number of nitrogens with one attached hydrogen (secondary N) is 1. The Balaban J connectivity index is 1.97. The first-order chi connectivity index (χ1) is 14.1. The molecule has 3 N–H and O–H groups in total. The minimum Gasteiger partial charge on any atom is -0.493 e. The number of hydrogen-bond acceptors (Lipinski definition) is 9. The van der Waals surface area contributed by atoms with Gasteiger partial charge in [-0.3, -0.25) is 4.79 Å². The summed E-state index contributed by atoms with van der Waals surface area (Å²) in [7, 11) is 2.83. The molecule has 0 spiro atoms. The maximum atomic E-state index is 12.1. The fraction of sp³-hybridized carbons (Fsp3) is 0.500. The zero-order valence-electron chi connectivity index (χ0n) is 17.3. The van der Waals surface area contributed by atoms with Crippen molar-refractivity contribution in [2.45, 2.75) is 51.0 Å². The maximum absolute atomic E-state index is 12.1. The third-order valence-corrected chi connectivity index (χ3v) is 4.87. The van der Waals surface area contributed by atoms with Crippen LogP contribution in [0.15, 0.2) is 27.4 Å². The molecule has 1 saturated heterocycles. The van der Waals surface area contributed by atoms with Crippen LogP contribution >= 0.6 is 0 Å². The monoisotopic (exact) mass is 423 g/mol. The smallest absolute Gasteiger partial charge is 0.360 e. The average molecular weight is 423 g/mol. The molecule has 164 valence electrons. The Morgan fingerprint density at radius 1 is 1.13 bits per heavy atom. The summed E-state index contributed by atoms with van der Waals surface area (Å²) in [4.78, 5) is 23.4. The molecule has 30 heavy (non-hydrogen) atoms. The first-order valence-corrected chi connectivity index (χ1v) is 9.24. The zero-order valence-corrected chi connectivity index (χ0v) is 17.3. The fourth-order valence-electron chi connectivity index (χ4n) is 3.49. The lowest BCUT2D eigenvalue weighted by atomic mass is 9.89. The molecular formula is C20H25NO9. The van der Waals surface area contributed by atoms with Crippen molar-refractivity contribution in [3.63, 3.8) is 0 Å². The molecule has 4 unspecified atom stereocenters. The Morgan fingerprint density at radius 3 is 2.43 bits per heavy atom. The molecule has 1 aliphatic heterocycles. The first kappa shape index (κ1) is 22.0. The van der Waals surface area contributed by atoms with E-state index in [4.69, 9.17) is 23.4 Å². The summed E-state index contributed by atoms with van der Waals surface area (Å²) in [6, 6.07) is 4.41. The number of carbonyl (C=O) groups excluding carboxylic acids is 1. The van der Waals surface area contributed by atoms with Gasteiger partial charge in [-0.2, -0.15) is 0 Å². The van der Waals surface area contributed by atoms with Gasteiger partial charge in [0.15, 0.2) is 11.5 Å². The minimum atomic E-state index is -1.41. The molecular weight excluding hydrogens is 398 g/mol. The van der Waals surface area contributed by atoms with Crippen LogP contribution < -0.4 is 20.4 Å². The number of hydrogen-bond donors (Lipinski definition) is 3. The molecule has 0 radical (unpaired) electrons. The number of fused-ring (bicyclic) bond motifs is 1. The van der Waals surface area contributed by atoms with Crippen molar-refractivity contribution >= 4 is 22.6 Å². The van der Waals surface area contributed by atoms with Gasteiger partial charge in [-0.15, -0.1) is 0 Å². The van der Waals surface area contributed by atoms with Gasteiger partial charge in [-0.1, -0.05) is 0 Å². The molecule has 2 heterocycles. The van der Waals surface area contributed by atoms with Crippen LogP contribution in [0.2, 0.25) is 0 Å². The summed E-state index contributed by atoms with van der Waals surface area (Å²) < 4.78 is 27.5. The lowest BCUT2D eigenvalue weighted by Gasteiger charge is -2.46. The van der Waals surface area contributed by atoms with Gasteiger partial charge in [0.1, 0.15) is 29.6 Å². The second kappa shape index (κ2) is 8.23. The molecule has 1 aromatic carbocycles. The molecule has 1 fully saturated rings. The van der Waals surface area contributed by atoms with Gasteiger partial charge in [0.25, 0.3) is 0 Å². The highest BCUT2D eigenvalue weighted by Gasteiger charge is 2.50. The molecule has 3 rings (SSSR count). The van der Waals surface area contributed by atoms with Crippen LogP contribution in [0.1, 0.15) is 20.8 Å². The summed E-state index contributed by atoms with van der Waals surface area (Å²) in [6.45, 7) is 4.68. The molecule has 10 nitrogen and oxygen atoms in total. The van der Waals surface area contributed by atoms with Crippen LogP contribution in [0.3, 0.4) is 0 Å². The van der Waals surface area contributed by atoms with Crippen LogP contribution in [0.5, 0.6) is 11.5 Å². The number of carbonyl (C=O) groups is 1. The second-order valence-corrected chi connectivity index (χ2v) is 7.51. The number of benzene rings is 1. The van der Waals surface area contributed by atoms with Crippen molar-refractivity contribution in [1.82, 2.24) is 0 Å². The summed E-state index contributed by atoms with van der Waals surface area (Å²) in [5.41, 5.74) is -1.53. The van der Waals surface area contributed by atoms with E-state index in [2.05, 4.69) is 5.32 Å². The normalized spacial score (nSPS) is 25.7. The van der Waals surface area contributed by atoms with Crippen LogP contribution in [-0.2, 0) is 14.3 Å². The molecule has 0 aliphatic carbocycles. The average Bonchev–Trinajstić information content (AvgIpc) is 2.66. The highest BCUT2D eigenvalue weighted by atomic mass is 16.7. The first-order valence-electron chi connectivity index (χ1n) is 9.24. The molecule has 1 amide bonds. The number of ether oxygens (including phenoxy) is 4. The van der Waals surface area contributed by atoms with E-state index < -0.39 is 41.7 Å². The Kier molecular flexibility index (Phi) is 6.04. The van der Waals surface area contributed by atoms with Crippen LogP contribution in [0.25, 0.3) is 11.0 Å². The van der Waals surface area contributed by atoms with Crippen molar-refractivity contribution in [2.75, 3.05) is 19.5 Å². The number of amides is 1. The van der Waals surface area contributed by atoms with Crippen LogP contribution in [0, 0.1) is 0 Å². The number of anilines is 1. The van der Waals surface area contributed by atoms with E-state index in [9.17, 15) is 19.8 Å². The van der Waals surface area contributed by atoms with Crippen molar-refractivity contribution in [2.24, 2.45) is 0 Å². The Labute approximate surface area is 172 Å². The van der Waals surface area contributed by atoms with Gasteiger partial charge in [0.05, 0.1) is 12.7 Å². The predicted octanol–water partition coefficient (Wildman–Crippen LogP) is 1.01. The highest BCUT2D eigenvalue weighted by molar-refractivity contribution is 5.91. The van der Waals surface area contributed by atoms with Gasteiger partial charge in [0.2, 0.25) is 12.2 Å². The lowest BCUT2D eigenvalue weighted by molar-refractivity contribution is -0.306. The van der Waals surface area contributed by atoms with Gasteiger partial charge in [-0.25, -0.2) is 4.79 Å². The largest absolute Gasteiger partial charge is 0.493 e. The molecule has 0 bridgehead atoms. The summed E-state index contributed by atoms with van der Waals surface area (Å²) in [5, 5.41) is 23.7. The minimum absolute atomic E-state index is 0.00719. The van der Waals surface area contributed by atoms with Crippen molar-refractivity contribution in [1.29, 1.82) is 0 Å². The molecule has 2 aromatic rings. The van der Waals surface area contributed by atoms with E-state index in [1.54, 1.807) is 19.9 Å². The molecule has 10 heteroatoms. The van der Waals surface area contributed by atoms with Crippen molar-refractivity contribution in [3.8, 4) is 11.5 Å². The Hall–Kier alpha value is -2.66. The Bertz CT molecular complexity index is 1000. The van der Waals surface area contributed by atoms with Gasteiger partial charge < -0.3 is 38.9 Å². The van der Waals surface area contributed by atoms with E-state index in [0.29, 0.717) is 5.39 Å². The summed E-state index contributed by atoms with van der Waals surface area (Å²) >= 11 is 0. The van der Waals surface area contributed by atoms with E-state index in [0.717, 1.165) is 0 Å². The molecule has 1 aliphatic rings. The van der Waals surface area contributed by atoms with E-state index >= 15 is 0 Å². The molecule has 4 atom stereocenters. The standard InChI is InChI=1S/C20H25NO9/c1-9(22)21-11-6-10-7-13(26-4)14(8-12(10)28-18(11)25)29-19-16(24)15(23)17(27-5)20(2,3)30-19/h6-8,15-17,19,23-24H,1-5H3,(H,21,22). The fourth-order valence-corrected chi connectivity index (χ4v) is 3.49. The van der Waals surface area contributed by atoms with Crippen molar-refractivity contribution < 1.29 is 38.4 Å². The third kappa shape index (κ3) is 4.12. The van der Waals surface area contributed by atoms with E-state index in [-0.39, 0.29) is 22.8 Å². The molecule has 0 saturated carbocycles. The number of methoxy groups -OCH3 is 2. The Morgan fingerprint density at radius 2 is 1.83 bits per heavy atom. The van der Waals surface area contributed by atoms with Crippen LogP contribution in [-0.4, -0.2) is 60.5 Å². The number of aliphatic hydroxyl groups excluding tert-OH is 2. The summed E-state index contributed by atoms with van der Waals surface area (Å²) in [6.07, 6.45) is -4.67. The van der Waals surface area contributed by atoms with Gasteiger partial charge >= 0.3 is 5.63 Å². The number of rotatable bonds is 5. The quantitative estimate of drug-likeness (QED) is 0.602.